The number of benzene rings is 1. The molecule has 1 N–H and O–H groups in total. The Hall–Kier alpha value is -0.220. The van der Waals surface area contributed by atoms with E-state index in [1.54, 1.807) is 12.1 Å². The average molecular weight is 428 g/mol. The zero-order valence-corrected chi connectivity index (χ0v) is 15.8. The van der Waals surface area contributed by atoms with Gasteiger partial charge in [0.2, 0.25) is 10.0 Å². The summed E-state index contributed by atoms with van der Waals surface area (Å²) < 4.78 is 32.9. The van der Waals surface area contributed by atoms with Gasteiger partial charge in [0.1, 0.15) is 4.90 Å². The fourth-order valence-electron chi connectivity index (χ4n) is 2.36. The molecule has 130 valence electrons. The van der Waals surface area contributed by atoms with Crippen molar-refractivity contribution in [1.82, 2.24) is 9.21 Å². The number of rotatable bonds is 7. The maximum atomic E-state index is 12.8. The quantitative estimate of drug-likeness (QED) is 0.713. The molecule has 23 heavy (non-hydrogen) atoms. The summed E-state index contributed by atoms with van der Waals surface area (Å²) >= 11 is 9.34. The Balaban J connectivity index is 2.13. The van der Waals surface area contributed by atoms with Crippen LogP contribution in [0, 0.1) is 0 Å². The topological polar surface area (TPSA) is 70.1 Å². The molecule has 1 heterocycles. The summed E-state index contributed by atoms with van der Waals surface area (Å²) in [5.74, 6) is 0. The molecular weight excluding hydrogens is 408 g/mol. The van der Waals surface area contributed by atoms with Crippen LogP contribution in [0.1, 0.15) is 0 Å². The Morgan fingerprint density at radius 3 is 2.61 bits per heavy atom. The van der Waals surface area contributed by atoms with Crippen LogP contribution in [0.2, 0.25) is 5.02 Å². The zero-order valence-electron chi connectivity index (χ0n) is 12.6. The Morgan fingerprint density at radius 2 is 2.00 bits per heavy atom. The lowest BCUT2D eigenvalue weighted by molar-refractivity contribution is 0.0359. The van der Waals surface area contributed by atoms with Gasteiger partial charge in [0.05, 0.1) is 24.8 Å². The van der Waals surface area contributed by atoms with Crippen molar-refractivity contribution in [1.29, 1.82) is 0 Å². The Morgan fingerprint density at radius 1 is 1.30 bits per heavy atom. The van der Waals surface area contributed by atoms with E-state index in [0.29, 0.717) is 30.8 Å². The zero-order chi connectivity index (χ0) is 16.9. The summed E-state index contributed by atoms with van der Waals surface area (Å²) in [5.41, 5.74) is 0. The molecule has 0 saturated carbocycles. The highest BCUT2D eigenvalue weighted by Gasteiger charge is 2.27. The van der Waals surface area contributed by atoms with Crippen LogP contribution in [0.25, 0.3) is 0 Å². The molecule has 0 unspecified atom stereocenters. The van der Waals surface area contributed by atoms with Crippen LogP contribution in [0.15, 0.2) is 27.6 Å². The van der Waals surface area contributed by atoms with E-state index < -0.39 is 10.0 Å². The van der Waals surface area contributed by atoms with Crippen LogP contribution >= 0.6 is 27.5 Å². The molecule has 0 aliphatic carbocycles. The van der Waals surface area contributed by atoms with Crippen molar-refractivity contribution in [2.75, 3.05) is 52.5 Å². The van der Waals surface area contributed by atoms with Gasteiger partial charge in [0.15, 0.2) is 0 Å². The standard InChI is InChI=1S/C14H20BrClN2O4S/c15-12-1-2-14(13(16)11-12)23(20,21)18(5-8-19)4-3-17-6-9-22-10-7-17/h1-2,11,19H,3-10H2. The maximum Gasteiger partial charge on any atom is 0.244 e. The highest BCUT2D eigenvalue weighted by molar-refractivity contribution is 9.10. The molecule has 0 atom stereocenters. The van der Waals surface area contributed by atoms with Gasteiger partial charge in [0.25, 0.3) is 0 Å². The van der Waals surface area contributed by atoms with E-state index in [1.807, 2.05) is 0 Å². The van der Waals surface area contributed by atoms with Crippen molar-refractivity contribution >= 4 is 37.6 Å². The van der Waals surface area contributed by atoms with Crippen LogP contribution in [0.4, 0.5) is 0 Å². The summed E-state index contributed by atoms with van der Waals surface area (Å²) in [7, 11) is -3.75. The molecular formula is C14H20BrClN2O4S. The summed E-state index contributed by atoms with van der Waals surface area (Å²) in [4.78, 5) is 2.20. The first-order valence-corrected chi connectivity index (χ1v) is 9.92. The van der Waals surface area contributed by atoms with Gasteiger partial charge in [-0.1, -0.05) is 27.5 Å². The average Bonchev–Trinajstić information content (AvgIpc) is 2.52. The van der Waals surface area contributed by atoms with Gasteiger partial charge in [-0.2, -0.15) is 4.31 Å². The van der Waals surface area contributed by atoms with Gasteiger partial charge in [0, 0.05) is 37.2 Å². The van der Waals surface area contributed by atoms with Crippen molar-refractivity contribution in [3.05, 3.63) is 27.7 Å². The van der Waals surface area contributed by atoms with Gasteiger partial charge in [-0.25, -0.2) is 8.42 Å². The minimum atomic E-state index is -3.75. The second kappa shape index (κ2) is 8.75. The third-order valence-electron chi connectivity index (χ3n) is 3.63. The Kier molecular flexibility index (Phi) is 7.27. The first-order valence-electron chi connectivity index (χ1n) is 7.31. The van der Waals surface area contributed by atoms with E-state index in [0.717, 1.165) is 13.1 Å². The number of sulfonamides is 1. The number of morpholine rings is 1. The molecule has 1 saturated heterocycles. The second-order valence-corrected chi connectivity index (χ2v) is 8.39. The lowest BCUT2D eigenvalue weighted by atomic mass is 10.4. The molecule has 1 aliphatic heterocycles. The van der Waals surface area contributed by atoms with Crippen LogP contribution < -0.4 is 0 Å². The maximum absolute atomic E-state index is 12.8. The molecule has 0 spiro atoms. The molecule has 0 radical (unpaired) electrons. The molecule has 0 aromatic heterocycles. The summed E-state index contributed by atoms with van der Waals surface area (Å²) in [6.45, 7) is 3.58. The monoisotopic (exact) mass is 426 g/mol. The molecule has 0 amide bonds. The van der Waals surface area contributed by atoms with Gasteiger partial charge < -0.3 is 9.84 Å². The molecule has 1 aromatic rings. The van der Waals surface area contributed by atoms with E-state index >= 15 is 0 Å². The Bertz CT molecular complexity index is 623. The number of aliphatic hydroxyl groups excluding tert-OH is 1. The summed E-state index contributed by atoms with van der Waals surface area (Å²) in [5, 5.41) is 9.38. The molecule has 0 bridgehead atoms. The van der Waals surface area contributed by atoms with E-state index in [-0.39, 0.29) is 23.1 Å². The highest BCUT2D eigenvalue weighted by Crippen LogP contribution is 2.27. The second-order valence-electron chi connectivity index (χ2n) is 5.16. The lowest BCUT2D eigenvalue weighted by Gasteiger charge is -2.29. The van der Waals surface area contributed by atoms with Crippen LogP contribution in [0.3, 0.4) is 0 Å². The molecule has 1 aromatic carbocycles. The first-order chi connectivity index (χ1) is 10.9. The van der Waals surface area contributed by atoms with Crippen LogP contribution in [-0.2, 0) is 14.8 Å². The summed E-state index contributed by atoms with van der Waals surface area (Å²) in [6.07, 6.45) is 0. The summed E-state index contributed by atoms with van der Waals surface area (Å²) in [6, 6.07) is 4.66. The fourth-order valence-corrected chi connectivity index (χ4v) is 4.80. The Labute approximate surface area is 150 Å². The number of hydrogen-bond acceptors (Lipinski definition) is 5. The molecule has 1 fully saturated rings. The number of ether oxygens (including phenoxy) is 1. The van der Waals surface area contributed by atoms with Crippen molar-refractivity contribution in [3.63, 3.8) is 0 Å². The smallest absolute Gasteiger partial charge is 0.244 e. The van der Waals surface area contributed by atoms with Gasteiger partial charge >= 0.3 is 0 Å². The van der Waals surface area contributed by atoms with Gasteiger partial charge in [-0.3, -0.25) is 4.90 Å². The minimum Gasteiger partial charge on any atom is -0.395 e. The minimum absolute atomic E-state index is 0.0407. The van der Waals surface area contributed by atoms with E-state index in [9.17, 15) is 13.5 Å². The van der Waals surface area contributed by atoms with Crippen molar-refractivity contribution < 1.29 is 18.3 Å². The molecule has 2 rings (SSSR count). The van der Waals surface area contributed by atoms with E-state index in [4.69, 9.17) is 16.3 Å². The van der Waals surface area contributed by atoms with E-state index in [2.05, 4.69) is 20.8 Å². The lowest BCUT2D eigenvalue weighted by Crippen LogP contribution is -2.43. The third-order valence-corrected chi connectivity index (χ3v) is 6.51. The number of nitrogens with zero attached hydrogens (tertiary/aromatic N) is 2. The first kappa shape index (κ1) is 19.1. The van der Waals surface area contributed by atoms with Gasteiger partial charge in [-0.15, -0.1) is 0 Å². The largest absolute Gasteiger partial charge is 0.395 e. The number of halogens is 2. The van der Waals surface area contributed by atoms with Crippen molar-refractivity contribution in [2.45, 2.75) is 4.90 Å². The normalized spacial score (nSPS) is 16.9. The third kappa shape index (κ3) is 5.12. The molecule has 6 nitrogen and oxygen atoms in total. The number of hydrogen-bond donors (Lipinski definition) is 1. The van der Waals surface area contributed by atoms with Crippen LogP contribution in [0.5, 0.6) is 0 Å². The van der Waals surface area contributed by atoms with Crippen molar-refractivity contribution in [2.24, 2.45) is 0 Å². The molecule has 1 aliphatic rings. The predicted octanol–water partition coefficient (Wildman–Crippen LogP) is 1.42. The molecule has 9 heteroatoms. The van der Waals surface area contributed by atoms with Gasteiger partial charge in [-0.05, 0) is 18.2 Å². The number of aliphatic hydroxyl groups is 1. The SMILES string of the molecule is O=S(=O)(c1ccc(Br)cc1Cl)N(CCO)CCN1CCOCC1. The fraction of sp³-hybridized carbons (Fsp3) is 0.571. The van der Waals surface area contributed by atoms with Crippen LogP contribution in [-0.4, -0.2) is 75.3 Å². The van der Waals surface area contributed by atoms with E-state index in [1.165, 1.54) is 10.4 Å². The van der Waals surface area contributed by atoms with Crippen molar-refractivity contribution in [3.8, 4) is 0 Å². The predicted molar refractivity (Wildman–Crippen MR) is 92.3 cm³/mol. The highest BCUT2D eigenvalue weighted by atomic mass is 79.9.